The number of amides is 1. The number of hydrogen-bond acceptors (Lipinski definition) is 2. The monoisotopic (exact) mass is 198 g/mol. The van der Waals surface area contributed by atoms with Crippen LogP contribution in [0.25, 0.3) is 0 Å². The topological polar surface area (TPSA) is 32.3 Å². The van der Waals surface area contributed by atoms with Crippen molar-refractivity contribution in [1.29, 1.82) is 0 Å². The van der Waals surface area contributed by atoms with Crippen LogP contribution < -0.4 is 5.32 Å². The minimum Gasteiger partial charge on any atom is -0.340 e. The summed E-state index contributed by atoms with van der Waals surface area (Å²) >= 11 is 0. The fourth-order valence-electron chi connectivity index (χ4n) is 1.71. The summed E-state index contributed by atoms with van der Waals surface area (Å²) < 4.78 is 0. The van der Waals surface area contributed by atoms with Gasteiger partial charge in [0.05, 0.1) is 0 Å². The van der Waals surface area contributed by atoms with Gasteiger partial charge in [-0.25, -0.2) is 0 Å². The quantitative estimate of drug-likeness (QED) is 0.696. The second-order valence-electron chi connectivity index (χ2n) is 4.06. The van der Waals surface area contributed by atoms with E-state index in [0.717, 1.165) is 19.6 Å². The van der Waals surface area contributed by atoms with Gasteiger partial charge in [-0.2, -0.15) is 0 Å². The Morgan fingerprint density at radius 1 is 1.50 bits per heavy atom. The number of hydrogen-bond donors (Lipinski definition) is 1. The van der Waals surface area contributed by atoms with Crippen molar-refractivity contribution in [2.75, 3.05) is 19.6 Å². The number of carbonyl (C=O) groups is 1. The van der Waals surface area contributed by atoms with Crippen molar-refractivity contribution in [3.63, 3.8) is 0 Å². The molecule has 1 amide bonds. The van der Waals surface area contributed by atoms with Crippen LogP contribution in [0.4, 0.5) is 0 Å². The van der Waals surface area contributed by atoms with E-state index in [1.807, 2.05) is 11.8 Å². The first-order chi connectivity index (χ1) is 6.70. The van der Waals surface area contributed by atoms with Crippen molar-refractivity contribution in [2.45, 2.75) is 39.7 Å². The Bertz CT molecular complexity index is 190. The molecule has 0 aromatic heterocycles. The van der Waals surface area contributed by atoms with Gasteiger partial charge in [-0.15, -0.1) is 0 Å². The maximum atomic E-state index is 11.9. The van der Waals surface area contributed by atoms with E-state index < -0.39 is 0 Å². The maximum absolute atomic E-state index is 11.9. The van der Waals surface area contributed by atoms with Crippen LogP contribution in [0.5, 0.6) is 0 Å². The van der Waals surface area contributed by atoms with Crippen molar-refractivity contribution in [2.24, 2.45) is 5.92 Å². The molecule has 1 aliphatic rings. The molecule has 0 heterocycles. The summed E-state index contributed by atoms with van der Waals surface area (Å²) in [6.45, 7) is 8.74. The normalized spacial score (nSPS) is 17.9. The van der Waals surface area contributed by atoms with Crippen molar-refractivity contribution in [1.82, 2.24) is 10.2 Å². The predicted molar refractivity (Wildman–Crippen MR) is 58.1 cm³/mol. The Morgan fingerprint density at radius 2 is 2.14 bits per heavy atom. The molecule has 0 radical (unpaired) electrons. The molecule has 1 N–H and O–H groups in total. The third-order valence-electron chi connectivity index (χ3n) is 2.73. The molecule has 1 aliphatic carbocycles. The summed E-state index contributed by atoms with van der Waals surface area (Å²) in [5.74, 6) is 0.437. The minimum absolute atomic E-state index is 0.121. The zero-order chi connectivity index (χ0) is 10.6. The standard InChI is InChI=1S/C11H22N2O/c1-4-12-8-9(3)11(14)13(5-2)10-6-7-10/h9-10,12H,4-8H2,1-3H3. The van der Waals surface area contributed by atoms with Crippen molar-refractivity contribution in [3.05, 3.63) is 0 Å². The molecular formula is C11H22N2O. The Labute approximate surface area is 86.9 Å². The highest BCUT2D eigenvalue weighted by atomic mass is 16.2. The lowest BCUT2D eigenvalue weighted by atomic mass is 10.1. The number of nitrogens with zero attached hydrogens (tertiary/aromatic N) is 1. The van der Waals surface area contributed by atoms with Gasteiger partial charge in [0, 0.05) is 25.0 Å². The largest absolute Gasteiger partial charge is 0.340 e. The van der Waals surface area contributed by atoms with E-state index in [0.29, 0.717) is 11.9 Å². The van der Waals surface area contributed by atoms with E-state index in [9.17, 15) is 4.79 Å². The molecule has 3 nitrogen and oxygen atoms in total. The van der Waals surface area contributed by atoms with Gasteiger partial charge in [-0.05, 0) is 26.3 Å². The third-order valence-corrected chi connectivity index (χ3v) is 2.73. The van der Waals surface area contributed by atoms with Gasteiger partial charge in [-0.1, -0.05) is 13.8 Å². The van der Waals surface area contributed by atoms with Crippen LogP contribution in [0.1, 0.15) is 33.6 Å². The van der Waals surface area contributed by atoms with E-state index in [4.69, 9.17) is 0 Å². The van der Waals surface area contributed by atoms with Crippen LogP contribution in [0.15, 0.2) is 0 Å². The molecule has 1 rings (SSSR count). The molecule has 0 saturated heterocycles. The molecule has 3 heteroatoms. The molecule has 0 aromatic carbocycles. The van der Waals surface area contributed by atoms with Gasteiger partial charge >= 0.3 is 0 Å². The van der Waals surface area contributed by atoms with Crippen molar-refractivity contribution < 1.29 is 4.79 Å². The van der Waals surface area contributed by atoms with Gasteiger partial charge in [-0.3, -0.25) is 4.79 Å². The molecule has 14 heavy (non-hydrogen) atoms. The highest BCUT2D eigenvalue weighted by Gasteiger charge is 2.32. The zero-order valence-electron chi connectivity index (χ0n) is 9.55. The second-order valence-corrected chi connectivity index (χ2v) is 4.06. The Hall–Kier alpha value is -0.570. The summed E-state index contributed by atoms with van der Waals surface area (Å²) in [6, 6.07) is 0.552. The first kappa shape index (κ1) is 11.5. The lowest BCUT2D eigenvalue weighted by Gasteiger charge is -2.24. The zero-order valence-corrected chi connectivity index (χ0v) is 9.55. The fraction of sp³-hybridized carbons (Fsp3) is 0.909. The first-order valence-electron chi connectivity index (χ1n) is 5.71. The fourth-order valence-corrected chi connectivity index (χ4v) is 1.71. The number of rotatable bonds is 6. The van der Waals surface area contributed by atoms with Gasteiger partial charge in [0.2, 0.25) is 5.91 Å². The minimum atomic E-state index is 0.121. The summed E-state index contributed by atoms with van der Waals surface area (Å²) in [5.41, 5.74) is 0. The smallest absolute Gasteiger partial charge is 0.226 e. The van der Waals surface area contributed by atoms with E-state index in [1.165, 1.54) is 12.8 Å². The Balaban J connectivity index is 2.36. The van der Waals surface area contributed by atoms with Crippen LogP contribution >= 0.6 is 0 Å². The summed E-state index contributed by atoms with van der Waals surface area (Å²) in [7, 11) is 0. The molecule has 1 fully saturated rings. The van der Waals surface area contributed by atoms with E-state index in [2.05, 4.69) is 19.2 Å². The van der Waals surface area contributed by atoms with Crippen molar-refractivity contribution >= 4 is 5.91 Å². The molecular weight excluding hydrogens is 176 g/mol. The van der Waals surface area contributed by atoms with Gasteiger partial charge in [0.1, 0.15) is 0 Å². The summed E-state index contributed by atoms with van der Waals surface area (Å²) in [6.07, 6.45) is 2.40. The molecule has 0 bridgehead atoms. The first-order valence-corrected chi connectivity index (χ1v) is 5.71. The second kappa shape index (κ2) is 5.35. The van der Waals surface area contributed by atoms with E-state index in [1.54, 1.807) is 0 Å². The molecule has 1 unspecified atom stereocenters. The number of nitrogens with one attached hydrogen (secondary N) is 1. The molecule has 0 aromatic rings. The third kappa shape index (κ3) is 2.98. The van der Waals surface area contributed by atoms with Gasteiger partial charge in [0.25, 0.3) is 0 Å². The summed E-state index contributed by atoms with van der Waals surface area (Å²) in [4.78, 5) is 14.0. The van der Waals surface area contributed by atoms with Gasteiger partial charge in [0.15, 0.2) is 0 Å². The maximum Gasteiger partial charge on any atom is 0.226 e. The van der Waals surface area contributed by atoms with E-state index >= 15 is 0 Å². The highest BCUT2D eigenvalue weighted by molar-refractivity contribution is 5.79. The van der Waals surface area contributed by atoms with Crippen LogP contribution in [0, 0.1) is 5.92 Å². The highest BCUT2D eigenvalue weighted by Crippen LogP contribution is 2.27. The SMILES string of the molecule is CCNCC(C)C(=O)N(CC)C1CC1. The summed E-state index contributed by atoms with van der Waals surface area (Å²) in [5, 5.41) is 3.22. The predicted octanol–water partition coefficient (Wildman–Crippen LogP) is 1.24. The molecule has 0 aliphatic heterocycles. The molecule has 0 spiro atoms. The molecule has 1 saturated carbocycles. The van der Waals surface area contributed by atoms with E-state index in [-0.39, 0.29) is 5.92 Å². The van der Waals surface area contributed by atoms with Crippen molar-refractivity contribution in [3.8, 4) is 0 Å². The van der Waals surface area contributed by atoms with Crippen LogP contribution in [-0.2, 0) is 4.79 Å². The Kier molecular flexibility index (Phi) is 4.39. The Morgan fingerprint density at radius 3 is 2.57 bits per heavy atom. The van der Waals surface area contributed by atoms with Crippen LogP contribution in [-0.4, -0.2) is 36.5 Å². The average Bonchev–Trinajstić information content (AvgIpc) is 2.99. The van der Waals surface area contributed by atoms with Crippen LogP contribution in [0.2, 0.25) is 0 Å². The molecule has 82 valence electrons. The van der Waals surface area contributed by atoms with Crippen LogP contribution in [0.3, 0.4) is 0 Å². The van der Waals surface area contributed by atoms with Gasteiger partial charge < -0.3 is 10.2 Å². The average molecular weight is 198 g/mol. The molecule has 1 atom stereocenters. The number of carbonyl (C=O) groups excluding carboxylic acids is 1. The lowest BCUT2D eigenvalue weighted by molar-refractivity contribution is -0.135. The lowest BCUT2D eigenvalue weighted by Crippen LogP contribution is -2.40.